The highest BCUT2D eigenvalue weighted by Crippen LogP contribution is 2.69. The van der Waals surface area contributed by atoms with Gasteiger partial charge in [-0.2, -0.15) is 8.78 Å². The fourth-order valence-corrected chi connectivity index (χ4v) is 7.97. The van der Waals surface area contributed by atoms with E-state index in [1.54, 1.807) is 11.8 Å². The summed E-state index contributed by atoms with van der Waals surface area (Å²) in [4.78, 5) is 91.5. The third-order valence-electron chi connectivity index (χ3n) is 8.75. The Morgan fingerprint density at radius 3 is 2.32 bits per heavy atom. The number of ether oxygens (including phenoxy) is 3. The van der Waals surface area contributed by atoms with E-state index in [2.05, 4.69) is 10.3 Å². The van der Waals surface area contributed by atoms with E-state index < -0.39 is 75.2 Å². The molecule has 1 saturated heterocycles. The van der Waals surface area contributed by atoms with Crippen LogP contribution in [0.3, 0.4) is 0 Å². The second-order valence-electron chi connectivity index (χ2n) is 12.9. The number of rotatable bonds is 22. The van der Waals surface area contributed by atoms with Gasteiger partial charge in [0.15, 0.2) is 6.10 Å². The lowest BCUT2D eigenvalue weighted by atomic mass is 10.0. The predicted molar refractivity (Wildman–Crippen MR) is 194 cm³/mol. The van der Waals surface area contributed by atoms with Crippen LogP contribution >= 0.6 is 15.2 Å². The van der Waals surface area contributed by atoms with Crippen LogP contribution in [0, 0.1) is 0 Å². The largest absolute Gasteiger partial charge is 0.466 e. The monoisotopic (exact) mass is 833 g/mol. The smallest absolute Gasteiger partial charge is 0.412 e. The van der Waals surface area contributed by atoms with Crippen LogP contribution in [-0.4, -0.2) is 95.4 Å². The van der Waals surface area contributed by atoms with Gasteiger partial charge >= 0.3 is 39.1 Å². The van der Waals surface area contributed by atoms with Crippen molar-refractivity contribution in [2.45, 2.75) is 94.3 Å². The molecular weight excluding hydrogens is 786 g/mol. The fourth-order valence-electron chi connectivity index (χ4n) is 5.72. The Kier molecular flexibility index (Phi) is 17.3. The molecule has 2 atom stereocenters. The molecule has 0 spiro atoms. The maximum atomic E-state index is 15.8. The van der Waals surface area contributed by atoms with E-state index in [-0.39, 0.29) is 30.6 Å². The number of aliphatic hydroxyl groups is 1. The summed E-state index contributed by atoms with van der Waals surface area (Å²) < 4.78 is 69.8. The molecule has 1 aromatic heterocycles. The van der Waals surface area contributed by atoms with Crippen molar-refractivity contribution in [2.24, 2.45) is 0 Å². The Labute approximate surface area is 321 Å². The first-order chi connectivity index (χ1) is 26.3. The quantitative estimate of drug-likeness (QED) is 0.0419. The third kappa shape index (κ3) is 13.5. The summed E-state index contributed by atoms with van der Waals surface area (Å²) >= 11 is 0. The first kappa shape index (κ1) is 46.3. The zero-order valence-electron chi connectivity index (χ0n) is 30.6. The van der Waals surface area contributed by atoms with Gasteiger partial charge in [0, 0.05) is 50.3 Å². The van der Waals surface area contributed by atoms with E-state index in [9.17, 15) is 53.0 Å². The molecule has 1 aliphatic rings. The van der Waals surface area contributed by atoms with Gasteiger partial charge in [0.2, 0.25) is 5.91 Å². The molecule has 2 amide bonds. The standard InChI is InChI=1S/C35H47F2N3O14P2/c1-2-52-31(42)10-5-3-4-6-22-40-27(14-18-30(40)41)13-17-29(35(36,37)26-9-7-20-38-24-26)54-32(43)23-25-11-15-28(16-12-25)53-33(44)39-21-8-19-34(45,55(46,47)48)56(49,50)51/h7,9,11-13,15-17,20,24,27,29,45H,2-6,8,10,14,18-19,21-23H2,1H3,(H,39,44)(H2,46,47,48)(H2,49,50,51)/t27-,29+/m0/s1. The fraction of sp³-hybridized carbons (Fsp3) is 0.514. The molecule has 310 valence electrons. The van der Waals surface area contributed by atoms with Gasteiger partial charge in [0.1, 0.15) is 5.75 Å². The van der Waals surface area contributed by atoms with Crippen molar-refractivity contribution < 1.29 is 76.0 Å². The van der Waals surface area contributed by atoms with Gasteiger partial charge in [0.05, 0.1) is 19.1 Å². The van der Waals surface area contributed by atoms with Crippen LogP contribution in [0.15, 0.2) is 60.9 Å². The number of carbonyl (C=O) groups is 4. The summed E-state index contributed by atoms with van der Waals surface area (Å²) in [6.45, 7) is 2.05. The summed E-state index contributed by atoms with van der Waals surface area (Å²) in [5.74, 6) is -5.14. The minimum absolute atomic E-state index is 0.0298. The Morgan fingerprint density at radius 2 is 1.70 bits per heavy atom. The highest BCUT2D eigenvalue weighted by atomic mass is 31.2. The average molecular weight is 834 g/mol. The van der Waals surface area contributed by atoms with Crippen LogP contribution in [0.5, 0.6) is 5.75 Å². The molecule has 17 nitrogen and oxygen atoms in total. The molecule has 0 radical (unpaired) electrons. The van der Waals surface area contributed by atoms with Gasteiger partial charge in [-0.3, -0.25) is 28.5 Å². The molecule has 3 rings (SSSR count). The van der Waals surface area contributed by atoms with Gasteiger partial charge in [-0.25, -0.2) is 4.79 Å². The lowest BCUT2D eigenvalue weighted by Crippen LogP contribution is -2.36. The van der Waals surface area contributed by atoms with Gasteiger partial charge in [-0.05, 0) is 68.5 Å². The number of benzene rings is 1. The van der Waals surface area contributed by atoms with Crippen LogP contribution in [0.2, 0.25) is 0 Å². The number of nitrogens with one attached hydrogen (secondary N) is 1. The first-order valence-corrected chi connectivity index (χ1v) is 21.0. The molecule has 0 saturated carbocycles. The number of aromatic nitrogens is 1. The van der Waals surface area contributed by atoms with Crippen LogP contribution in [0.1, 0.15) is 75.8 Å². The van der Waals surface area contributed by atoms with E-state index in [0.29, 0.717) is 44.4 Å². The van der Waals surface area contributed by atoms with Crippen LogP contribution in [0.25, 0.3) is 0 Å². The minimum atomic E-state index is -5.65. The molecule has 0 aliphatic carbocycles. The number of esters is 2. The van der Waals surface area contributed by atoms with Crippen molar-refractivity contribution in [3.05, 3.63) is 72.1 Å². The molecule has 21 heteroatoms. The number of halogens is 2. The van der Waals surface area contributed by atoms with Crippen molar-refractivity contribution >= 4 is 39.1 Å². The lowest BCUT2D eigenvalue weighted by Gasteiger charge is -2.29. The van der Waals surface area contributed by atoms with E-state index in [4.69, 9.17) is 14.2 Å². The third-order valence-corrected chi connectivity index (χ3v) is 12.6. The molecule has 2 aromatic rings. The van der Waals surface area contributed by atoms with Crippen molar-refractivity contribution in [3.8, 4) is 5.75 Å². The normalized spacial score (nSPS) is 15.8. The predicted octanol–water partition coefficient (Wildman–Crippen LogP) is 4.26. The first-order valence-electron chi connectivity index (χ1n) is 17.8. The topological polar surface area (TPSA) is 259 Å². The molecule has 1 aromatic carbocycles. The molecule has 1 aliphatic heterocycles. The van der Waals surface area contributed by atoms with Crippen molar-refractivity contribution in [2.75, 3.05) is 19.7 Å². The number of likely N-dealkylation sites (tertiary alicyclic amines) is 1. The molecule has 2 heterocycles. The SMILES string of the molecule is CCOC(=O)CCCCCCN1C(=O)CC[C@@H]1C=C[C@@H](OC(=O)Cc1ccc(OC(=O)NCCCC(O)(P(=O)(O)O)P(=O)(O)O)cc1)C(F)(F)c1cccnc1. The molecule has 6 N–H and O–H groups in total. The second-order valence-corrected chi connectivity index (χ2v) is 16.9. The summed E-state index contributed by atoms with van der Waals surface area (Å²) in [6.07, 6.45) is 3.46. The van der Waals surface area contributed by atoms with Gasteiger partial charge in [-0.1, -0.05) is 31.1 Å². The molecule has 0 unspecified atom stereocenters. The molecule has 1 fully saturated rings. The number of hydrogen-bond acceptors (Lipinski definition) is 11. The average Bonchev–Trinajstić information content (AvgIpc) is 3.48. The van der Waals surface area contributed by atoms with Gasteiger partial charge in [-0.15, -0.1) is 0 Å². The Balaban J connectivity index is 1.59. The Morgan fingerprint density at radius 1 is 1.02 bits per heavy atom. The van der Waals surface area contributed by atoms with Crippen LogP contribution < -0.4 is 10.1 Å². The van der Waals surface area contributed by atoms with E-state index in [1.807, 2.05) is 0 Å². The number of nitrogens with zero attached hydrogens (tertiary/aromatic N) is 2. The second kappa shape index (κ2) is 20.9. The highest BCUT2D eigenvalue weighted by Gasteiger charge is 2.58. The van der Waals surface area contributed by atoms with Crippen molar-refractivity contribution in [3.63, 3.8) is 0 Å². The van der Waals surface area contributed by atoms with E-state index in [0.717, 1.165) is 31.2 Å². The van der Waals surface area contributed by atoms with Gasteiger partial charge in [0.25, 0.3) is 5.08 Å². The number of carbonyl (C=O) groups excluding carboxylic acids is 4. The molecule has 56 heavy (non-hydrogen) atoms. The van der Waals surface area contributed by atoms with Crippen LogP contribution in [0.4, 0.5) is 13.6 Å². The van der Waals surface area contributed by atoms with Crippen LogP contribution in [-0.2, 0) is 45.3 Å². The number of amides is 2. The number of hydrogen-bond donors (Lipinski definition) is 6. The lowest BCUT2D eigenvalue weighted by molar-refractivity contribution is -0.167. The number of unbranched alkanes of at least 4 members (excludes halogenated alkanes) is 3. The maximum Gasteiger partial charge on any atom is 0.412 e. The van der Waals surface area contributed by atoms with Gasteiger partial charge < -0.3 is 49.1 Å². The summed E-state index contributed by atoms with van der Waals surface area (Å²) in [6, 6.07) is 7.28. The van der Waals surface area contributed by atoms with E-state index in [1.165, 1.54) is 42.6 Å². The maximum absolute atomic E-state index is 15.8. The summed E-state index contributed by atoms with van der Waals surface area (Å²) in [5.41, 5.74) is -0.192. The van der Waals surface area contributed by atoms with Crippen molar-refractivity contribution in [1.29, 1.82) is 0 Å². The number of pyridine rings is 1. The Bertz CT molecular complexity index is 1730. The van der Waals surface area contributed by atoms with Crippen molar-refractivity contribution in [1.82, 2.24) is 15.2 Å². The summed E-state index contributed by atoms with van der Waals surface area (Å²) in [7, 11) is -11.3. The zero-order chi connectivity index (χ0) is 41.6. The van der Waals surface area contributed by atoms with E-state index >= 15 is 8.78 Å². The Hall–Kier alpha value is -4.09. The molecule has 0 bridgehead atoms. The number of alkyl halides is 2. The molecular formula is C35H47F2N3O14P2. The summed E-state index contributed by atoms with van der Waals surface area (Å²) in [5, 5.41) is 8.47. The minimum Gasteiger partial charge on any atom is -0.466 e. The zero-order valence-corrected chi connectivity index (χ0v) is 32.4. The highest BCUT2D eigenvalue weighted by molar-refractivity contribution is 7.72.